The number of nitrogens with one attached hydrogen (secondary N) is 1. The third-order valence-corrected chi connectivity index (χ3v) is 3.39. The normalized spacial score (nSPS) is 10.7. The van der Waals surface area contributed by atoms with Crippen molar-refractivity contribution in [3.63, 3.8) is 0 Å². The molecule has 1 aromatic carbocycles. The average molecular weight is 334 g/mol. The minimum Gasteiger partial charge on any atom is -0.461 e. The third-order valence-electron chi connectivity index (χ3n) is 2.70. The highest BCUT2D eigenvalue weighted by atomic mass is 79.9. The molecule has 3 aromatic rings. The van der Waals surface area contributed by atoms with Crippen LogP contribution in [0.15, 0.2) is 51.6 Å². The van der Waals surface area contributed by atoms with Crippen LogP contribution in [0.2, 0.25) is 0 Å². The molecular weight excluding hydrogens is 322 g/mol. The zero-order valence-electron chi connectivity index (χ0n) is 10.5. The molecule has 7 heteroatoms. The number of para-hydroxylation sites is 1. The summed E-state index contributed by atoms with van der Waals surface area (Å²) in [6.45, 7) is 1.33. The summed E-state index contributed by atoms with van der Waals surface area (Å²) < 4.78 is 6.25. The van der Waals surface area contributed by atoms with E-state index in [1.165, 1.54) is 0 Å². The maximum Gasteiger partial charge on any atom is 0.240 e. The molecule has 0 saturated carbocycles. The largest absolute Gasteiger partial charge is 0.461 e. The van der Waals surface area contributed by atoms with Gasteiger partial charge in [-0.15, -0.1) is 10.2 Å². The van der Waals surface area contributed by atoms with Crippen LogP contribution in [-0.4, -0.2) is 26.8 Å². The molecular formula is C13H12BrN5O. The number of nitrogens with zero attached hydrogens (tertiary/aromatic N) is 4. The van der Waals surface area contributed by atoms with E-state index >= 15 is 0 Å². The number of tetrazole rings is 1. The lowest BCUT2D eigenvalue weighted by Gasteiger charge is -2.07. The van der Waals surface area contributed by atoms with Crippen LogP contribution in [0.1, 0.15) is 0 Å². The summed E-state index contributed by atoms with van der Waals surface area (Å²) in [7, 11) is 0. The summed E-state index contributed by atoms with van der Waals surface area (Å²) in [5.41, 5.74) is 1.04. The first kappa shape index (κ1) is 12.9. The number of hydrogen-bond donors (Lipinski definition) is 1. The zero-order chi connectivity index (χ0) is 13.8. The average Bonchev–Trinajstić information content (AvgIpc) is 3.11. The standard InChI is InChI=1S/C13H12BrN5O/c14-10-4-1-2-5-11(10)15-7-8-19-17-13(16-18-19)12-6-3-9-20-12/h1-6,9,15H,7-8H2. The number of rotatable bonds is 5. The Hall–Kier alpha value is -2.15. The van der Waals surface area contributed by atoms with Gasteiger partial charge in [0.05, 0.1) is 12.8 Å². The van der Waals surface area contributed by atoms with Crippen molar-refractivity contribution in [2.45, 2.75) is 6.54 Å². The second kappa shape index (κ2) is 5.87. The maximum absolute atomic E-state index is 5.22. The fourth-order valence-corrected chi connectivity index (χ4v) is 2.16. The van der Waals surface area contributed by atoms with Crippen molar-refractivity contribution in [3.8, 4) is 11.6 Å². The number of furan rings is 1. The Balaban J connectivity index is 1.58. The molecule has 1 N–H and O–H groups in total. The van der Waals surface area contributed by atoms with E-state index in [9.17, 15) is 0 Å². The van der Waals surface area contributed by atoms with Crippen LogP contribution >= 0.6 is 15.9 Å². The van der Waals surface area contributed by atoms with Crippen LogP contribution in [0.4, 0.5) is 5.69 Å². The van der Waals surface area contributed by atoms with Crippen LogP contribution in [-0.2, 0) is 6.54 Å². The maximum atomic E-state index is 5.22. The number of hydrogen-bond acceptors (Lipinski definition) is 5. The fraction of sp³-hybridized carbons (Fsp3) is 0.154. The quantitative estimate of drug-likeness (QED) is 0.777. The van der Waals surface area contributed by atoms with Crippen molar-refractivity contribution in [1.29, 1.82) is 0 Å². The molecule has 0 aliphatic heterocycles. The Labute approximate surface area is 123 Å². The van der Waals surface area contributed by atoms with Crippen molar-refractivity contribution >= 4 is 21.6 Å². The monoisotopic (exact) mass is 333 g/mol. The molecule has 20 heavy (non-hydrogen) atoms. The number of halogens is 1. The van der Waals surface area contributed by atoms with Gasteiger partial charge in [-0.2, -0.15) is 4.80 Å². The summed E-state index contributed by atoms with van der Waals surface area (Å²) in [5, 5.41) is 15.5. The van der Waals surface area contributed by atoms with Gasteiger partial charge in [0.15, 0.2) is 5.76 Å². The van der Waals surface area contributed by atoms with E-state index in [0.717, 1.165) is 10.2 Å². The number of benzene rings is 1. The number of aromatic nitrogens is 4. The molecule has 102 valence electrons. The molecule has 0 spiro atoms. The molecule has 0 amide bonds. The van der Waals surface area contributed by atoms with E-state index in [1.54, 1.807) is 23.2 Å². The van der Waals surface area contributed by atoms with Gasteiger partial charge < -0.3 is 9.73 Å². The lowest BCUT2D eigenvalue weighted by molar-refractivity contribution is 0.537. The van der Waals surface area contributed by atoms with Crippen molar-refractivity contribution in [1.82, 2.24) is 20.2 Å². The van der Waals surface area contributed by atoms with Gasteiger partial charge in [-0.1, -0.05) is 12.1 Å². The van der Waals surface area contributed by atoms with Gasteiger partial charge in [0.1, 0.15) is 0 Å². The first-order chi connectivity index (χ1) is 9.83. The summed E-state index contributed by atoms with van der Waals surface area (Å²) in [5.74, 6) is 1.12. The van der Waals surface area contributed by atoms with Crippen molar-refractivity contribution in [2.75, 3.05) is 11.9 Å². The van der Waals surface area contributed by atoms with Gasteiger partial charge >= 0.3 is 0 Å². The molecule has 0 radical (unpaired) electrons. The van der Waals surface area contributed by atoms with Crippen LogP contribution in [0.3, 0.4) is 0 Å². The molecule has 0 aliphatic rings. The highest BCUT2D eigenvalue weighted by molar-refractivity contribution is 9.10. The molecule has 0 atom stereocenters. The van der Waals surface area contributed by atoms with Crippen LogP contribution < -0.4 is 5.32 Å². The van der Waals surface area contributed by atoms with Crippen LogP contribution in [0.25, 0.3) is 11.6 Å². The van der Waals surface area contributed by atoms with E-state index in [4.69, 9.17) is 4.42 Å². The van der Waals surface area contributed by atoms with E-state index in [-0.39, 0.29) is 0 Å². The Bertz CT molecular complexity index is 680. The van der Waals surface area contributed by atoms with Gasteiger partial charge in [-0.3, -0.25) is 0 Å². The molecule has 0 bridgehead atoms. The fourth-order valence-electron chi connectivity index (χ4n) is 1.74. The lowest BCUT2D eigenvalue weighted by Crippen LogP contribution is -2.13. The minimum absolute atomic E-state index is 0.496. The van der Waals surface area contributed by atoms with Crippen molar-refractivity contribution in [2.24, 2.45) is 0 Å². The Morgan fingerprint density at radius 1 is 1.20 bits per heavy atom. The highest BCUT2D eigenvalue weighted by Crippen LogP contribution is 2.20. The molecule has 0 fully saturated rings. The molecule has 3 rings (SSSR count). The van der Waals surface area contributed by atoms with Crippen molar-refractivity contribution in [3.05, 3.63) is 47.1 Å². The molecule has 2 aromatic heterocycles. The van der Waals surface area contributed by atoms with E-state index in [2.05, 4.69) is 36.7 Å². The topological polar surface area (TPSA) is 68.8 Å². The van der Waals surface area contributed by atoms with Crippen LogP contribution in [0.5, 0.6) is 0 Å². The van der Waals surface area contributed by atoms with Gasteiger partial charge in [0.25, 0.3) is 0 Å². The number of anilines is 1. The first-order valence-corrected chi connectivity index (χ1v) is 6.92. The van der Waals surface area contributed by atoms with E-state index in [0.29, 0.717) is 24.7 Å². The third kappa shape index (κ3) is 2.88. The lowest BCUT2D eigenvalue weighted by atomic mass is 10.3. The Kier molecular flexibility index (Phi) is 3.78. The Morgan fingerprint density at radius 3 is 2.90 bits per heavy atom. The molecule has 0 aliphatic carbocycles. The predicted molar refractivity (Wildman–Crippen MR) is 78.2 cm³/mol. The minimum atomic E-state index is 0.496. The van der Waals surface area contributed by atoms with Gasteiger partial charge in [-0.05, 0) is 45.4 Å². The highest BCUT2D eigenvalue weighted by Gasteiger charge is 2.07. The van der Waals surface area contributed by atoms with Gasteiger partial charge in [0, 0.05) is 16.7 Å². The predicted octanol–water partition coefficient (Wildman–Crippen LogP) is 2.81. The van der Waals surface area contributed by atoms with E-state index < -0.39 is 0 Å². The molecule has 6 nitrogen and oxygen atoms in total. The van der Waals surface area contributed by atoms with Gasteiger partial charge in [0.2, 0.25) is 5.82 Å². The van der Waals surface area contributed by atoms with E-state index in [1.807, 2.05) is 24.3 Å². The summed E-state index contributed by atoms with van der Waals surface area (Å²) in [6.07, 6.45) is 1.59. The SMILES string of the molecule is Brc1ccccc1NCCn1nnc(-c2ccco2)n1. The second-order valence-corrected chi connectivity index (χ2v) is 4.95. The molecule has 0 saturated heterocycles. The smallest absolute Gasteiger partial charge is 0.240 e. The summed E-state index contributed by atoms with van der Waals surface area (Å²) in [4.78, 5) is 1.54. The Morgan fingerprint density at radius 2 is 2.10 bits per heavy atom. The second-order valence-electron chi connectivity index (χ2n) is 4.09. The first-order valence-electron chi connectivity index (χ1n) is 6.13. The summed E-state index contributed by atoms with van der Waals surface area (Å²) >= 11 is 3.49. The van der Waals surface area contributed by atoms with Gasteiger partial charge in [-0.25, -0.2) is 0 Å². The zero-order valence-corrected chi connectivity index (χ0v) is 12.1. The van der Waals surface area contributed by atoms with Crippen LogP contribution in [0, 0.1) is 0 Å². The van der Waals surface area contributed by atoms with Crippen molar-refractivity contribution < 1.29 is 4.42 Å². The molecule has 2 heterocycles. The molecule has 0 unspecified atom stereocenters. The summed E-state index contributed by atoms with van der Waals surface area (Å²) in [6, 6.07) is 11.6.